The maximum Gasteiger partial charge on any atom is 0.255 e. The predicted octanol–water partition coefficient (Wildman–Crippen LogP) is -0.194. The second-order valence-corrected chi connectivity index (χ2v) is 5.48. The number of morpholine rings is 1. The SMILES string of the molecule is NS(=O)(=O)c1ccccc1C(=O)N1CCOCC1. The molecule has 2 N–H and O–H groups in total. The van der Waals surface area contributed by atoms with Gasteiger partial charge in [0.2, 0.25) is 10.0 Å². The van der Waals surface area contributed by atoms with Crippen molar-refractivity contribution >= 4 is 15.9 Å². The molecule has 1 amide bonds. The van der Waals surface area contributed by atoms with Gasteiger partial charge in [-0.2, -0.15) is 0 Å². The lowest BCUT2D eigenvalue weighted by molar-refractivity contribution is 0.0300. The first-order chi connectivity index (χ1) is 8.50. The van der Waals surface area contributed by atoms with E-state index in [1.807, 2.05) is 0 Å². The first kappa shape index (κ1) is 13.0. The minimum Gasteiger partial charge on any atom is -0.378 e. The second-order valence-electron chi connectivity index (χ2n) is 3.95. The standard InChI is InChI=1S/C11H14N2O4S/c12-18(15,16)10-4-2-1-3-9(10)11(14)13-5-7-17-8-6-13/h1-4H,5-8H2,(H2,12,15,16). The van der Waals surface area contributed by atoms with Gasteiger partial charge in [0.1, 0.15) is 0 Å². The van der Waals surface area contributed by atoms with E-state index in [-0.39, 0.29) is 16.4 Å². The largest absolute Gasteiger partial charge is 0.378 e. The highest BCUT2D eigenvalue weighted by Crippen LogP contribution is 2.16. The Bertz CT molecular complexity index is 550. The molecule has 1 aromatic carbocycles. The molecule has 1 aliphatic rings. The van der Waals surface area contributed by atoms with E-state index in [2.05, 4.69) is 0 Å². The lowest BCUT2D eigenvalue weighted by Gasteiger charge is -2.27. The number of hydrogen-bond acceptors (Lipinski definition) is 4. The molecule has 0 saturated carbocycles. The molecule has 0 atom stereocenters. The second kappa shape index (κ2) is 5.05. The number of carbonyl (C=O) groups is 1. The van der Waals surface area contributed by atoms with Gasteiger partial charge in [-0.1, -0.05) is 12.1 Å². The number of carbonyl (C=O) groups excluding carboxylic acids is 1. The van der Waals surface area contributed by atoms with Crippen LogP contribution in [0.1, 0.15) is 10.4 Å². The van der Waals surface area contributed by atoms with Crippen LogP contribution in [0.2, 0.25) is 0 Å². The van der Waals surface area contributed by atoms with Crippen LogP contribution in [-0.2, 0) is 14.8 Å². The number of benzene rings is 1. The van der Waals surface area contributed by atoms with Crippen molar-refractivity contribution < 1.29 is 17.9 Å². The van der Waals surface area contributed by atoms with E-state index in [1.165, 1.54) is 18.2 Å². The molecule has 1 aliphatic heterocycles. The normalized spacial score (nSPS) is 16.6. The Hall–Kier alpha value is -1.44. The van der Waals surface area contributed by atoms with Gasteiger partial charge in [0.25, 0.3) is 5.91 Å². The summed E-state index contributed by atoms with van der Waals surface area (Å²) in [5, 5.41) is 5.10. The fourth-order valence-corrected chi connectivity index (χ4v) is 2.56. The topological polar surface area (TPSA) is 89.7 Å². The molecule has 0 unspecified atom stereocenters. The van der Waals surface area contributed by atoms with Crippen LogP contribution in [0.3, 0.4) is 0 Å². The first-order valence-corrected chi connectivity index (χ1v) is 7.03. The summed E-state index contributed by atoms with van der Waals surface area (Å²) in [6, 6.07) is 5.96. The lowest BCUT2D eigenvalue weighted by atomic mass is 10.2. The number of hydrogen-bond donors (Lipinski definition) is 1. The maximum atomic E-state index is 12.2. The molecule has 2 rings (SSSR count). The van der Waals surface area contributed by atoms with Gasteiger partial charge >= 0.3 is 0 Å². The quantitative estimate of drug-likeness (QED) is 0.806. The van der Waals surface area contributed by atoms with Crippen molar-refractivity contribution in [3.63, 3.8) is 0 Å². The van der Waals surface area contributed by atoms with E-state index < -0.39 is 10.0 Å². The molecule has 0 radical (unpaired) electrons. The third kappa shape index (κ3) is 2.69. The molecule has 0 aliphatic carbocycles. The Labute approximate surface area is 105 Å². The molecule has 6 nitrogen and oxygen atoms in total. The number of nitrogens with two attached hydrogens (primary N) is 1. The minimum absolute atomic E-state index is 0.113. The number of rotatable bonds is 2. The van der Waals surface area contributed by atoms with Gasteiger partial charge in [0.15, 0.2) is 0 Å². The van der Waals surface area contributed by atoms with Crippen LogP contribution < -0.4 is 5.14 Å². The van der Waals surface area contributed by atoms with Crippen LogP contribution in [-0.4, -0.2) is 45.5 Å². The highest BCUT2D eigenvalue weighted by atomic mass is 32.2. The Balaban J connectivity index is 2.36. The summed E-state index contributed by atoms with van der Waals surface area (Å²) in [6.07, 6.45) is 0. The van der Waals surface area contributed by atoms with Crippen molar-refractivity contribution in [1.82, 2.24) is 4.90 Å². The van der Waals surface area contributed by atoms with Crippen LogP contribution >= 0.6 is 0 Å². The zero-order chi connectivity index (χ0) is 13.2. The van der Waals surface area contributed by atoms with Crippen molar-refractivity contribution in [2.45, 2.75) is 4.90 Å². The fraction of sp³-hybridized carbons (Fsp3) is 0.364. The molecule has 1 aromatic rings. The molecular formula is C11H14N2O4S. The Morgan fingerprint density at radius 1 is 1.22 bits per heavy atom. The highest BCUT2D eigenvalue weighted by Gasteiger charge is 2.24. The van der Waals surface area contributed by atoms with Crippen LogP contribution in [0.15, 0.2) is 29.2 Å². The number of amides is 1. The first-order valence-electron chi connectivity index (χ1n) is 5.49. The fourth-order valence-electron chi connectivity index (χ4n) is 1.83. The molecule has 98 valence electrons. The third-order valence-corrected chi connectivity index (χ3v) is 3.69. The van der Waals surface area contributed by atoms with E-state index in [4.69, 9.17) is 9.88 Å². The summed E-state index contributed by atoms with van der Waals surface area (Å²) in [5.41, 5.74) is 0.113. The van der Waals surface area contributed by atoms with Gasteiger partial charge in [-0.15, -0.1) is 0 Å². The average Bonchev–Trinajstić information content (AvgIpc) is 2.38. The highest BCUT2D eigenvalue weighted by molar-refractivity contribution is 7.89. The summed E-state index contributed by atoms with van der Waals surface area (Å²) in [5.74, 6) is -0.331. The molecule has 0 spiro atoms. The van der Waals surface area contributed by atoms with Crippen LogP contribution in [0.5, 0.6) is 0 Å². The van der Waals surface area contributed by atoms with Gasteiger partial charge in [-0.25, -0.2) is 13.6 Å². The van der Waals surface area contributed by atoms with E-state index in [9.17, 15) is 13.2 Å². The lowest BCUT2D eigenvalue weighted by Crippen LogP contribution is -2.41. The van der Waals surface area contributed by atoms with E-state index >= 15 is 0 Å². The van der Waals surface area contributed by atoms with Gasteiger partial charge in [-0.05, 0) is 12.1 Å². The zero-order valence-corrected chi connectivity index (χ0v) is 10.5. The number of ether oxygens (including phenoxy) is 1. The molecule has 0 aromatic heterocycles. The Kier molecular flexibility index (Phi) is 3.65. The minimum atomic E-state index is -3.90. The van der Waals surface area contributed by atoms with Gasteiger partial charge < -0.3 is 9.64 Å². The van der Waals surface area contributed by atoms with Crippen molar-refractivity contribution in [3.8, 4) is 0 Å². The van der Waals surface area contributed by atoms with Gasteiger partial charge in [-0.3, -0.25) is 4.79 Å². The smallest absolute Gasteiger partial charge is 0.255 e. The van der Waals surface area contributed by atoms with Crippen molar-refractivity contribution in [2.24, 2.45) is 5.14 Å². The molecule has 1 saturated heterocycles. The van der Waals surface area contributed by atoms with Gasteiger partial charge in [0, 0.05) is 13.1 Å². The van der Waals surface area contributed by atoms with Crippen molar-refractivity contribution in [1.29, 1.82) is 0 Å². The van der Waals surface area contributed by atoms with E-state index in [0.29, 0.717) is 26.3 Å². The van der Waals surface area contributed by atoms with Crippen molar-refractivity contribution in [2.75, 3.05) is 26.3 Å². The Morgan fingerprint density at radius 3 is 2.44 bits per heavy atom. The monoisotopic (exact) mass is 270 g/mol. The third-order valence-electron chi connectivity index (χ3n) is 2.72. The molecule has 1 fully saturated rings. The predicted molar refractivity (Wildman–Crippen MR) is 64.5 cm³/mol. The maximum absolute atomic E-state index is 12.2. The summed E-state index contributed by atoms with van der Waals surface area (Å²) >= 11 is 0. The van der Waals surface area contributed by atoms with Crippen molar-refractivity contribution in [3.05, 3.63) is 29.8 Å². The van der Waals surface area contributed by atoms with E-state index in [0.717, 1.165) is 0 Å². The Morgan fingerprint density at radius 2 is 1.83 bits per heavy atom. The van der Waals surface area contributed by atoms with Crippen LogP contribution in [0, 0.1) is 0 Å². The summed E-state index contributed by atoms with van der Waals surface area (Å²) in [7, 11) is -3.90. The number of sulfonamides is 1. The van der Waals surface area contributed by atoms with Crippen LogP contribution in [0.25, 0.3) is 0 Å². The summed E-state index contributed by atoms with van der Waals surface area (Å²) < 4.78 is 28.0. The van der Waals surface area contributed by atoms with Crippen LogP contribution in [0.4, 0.5) is 0 Å². The number of primary sulfonamides is 1. The summed E-state index contributed by atoms with van der Waals surface area (Å²) in [4.78, 5) is 13.6. The average molecular weight is 270 g/mol. The molecule has 0 bridgehead atoms. The zero-order valence-electron chi connectivity index (χ0n) is 9.70. The summed E-state index contributed by atoms with van der Waals surface area (Å²) in [6.45, 7) is 1.84. The van der Waals surface area contributed by atoms with E-state index in [1.54, 1.807) is 11.0 Å². The molecule has 1 heterocycles. The molecule has 18 heavy (non-hydrogen) atoms. The number of nitrogens with zero attached hydrogens (tertiary/aromatic N) is 1. The molecular weight excluding hydrogens is 256 g/mol. The van der Waals surface area contributed by atoms with Gasteiger partial charge in [0.05, 0.1) is 23.7 Å². The molecule has 7 heteroatoms.